The minimum atomic E-state index is -0.641. The Morgan fingerprint density at radius 3 is 2.64 bits per heavy atom. The van der Waals surface area contributed by atoms with Gasteiger partial charge in [-0.1, -0.05) is 24.3 Å². The number of hydrogen-bond donors (Lipinski definition) is 2. The number of aliphatic hydroxyl groups is 1. The number of urea groups is 1. The van der Waals surface area contributed by atoms with Gasteiger partial charge in [0.2, 0.25) is 5.91 Å². The average Bonchev–Trinajstić information content (AvgIpc) is 3.16. The zero-order chi connectivity index (χ0) is 27.5. The molecule has 3 aromatic rings. The first kappa shape index (κ1) is 26.2. The van der Waals surface area contributed by atoms with Crippen LogP contribution in [0, 0.1) is 12.7 Å². The summed E-state index contributed by atoms with van der Waals surface area (Å²) in [6.45, 7) is 2.41. The summed E-state index contributed by atoms with van der Waals surface area (Å²) in [7, 11) is 0. The van der Waals surface area contributed by atoms with Gasteiger partial charge in [0.25, 0.3) is 5.91 Å². The smallest absolute Gasteiger partial charge is 0.322 e. The summed E-state index contributed by atoms with van der Waals surface area (Å²) >= 11 is 0. The maximum absolute atomic E-state index is 14.8. The molecule has 5 rings (SSSR count). The third-order valence-electron chi connectivity index (χ3n) is 6.89. The molecule has 2 aliphatic rings. The SMILES string of the molecule is Cc1cc(C(=O)N2CCCOc3ccccc32)ccc1CNC(=O)N1CC(=O)N(CCO)c2cccc(F)c21. The Kier molecular flexibility index (Phi) is 7.47. The minimum absolute atomic E-state index is 0.00501. The number of β-amino-alcohol motifs (C(OH)–C–C–N with tert-alkyl or cyclic N) is 1. The fraction of sp³-hybridized carbons (Fsp3) is 0.276. The molecule has 10 heteroatoms. The van der Waals surface area contributed by atoms with E-state index in [1.54, 1.807) is 29.2 Å². The highest BCUT2D eigenvalue weighted by atomic mass is 19.1. The first-order valence-electron chi connectivity index (χ1n) is 12.8. The van der Waals surface area contributed by atoms with Crippen molar-refractivity contribution in [1.29, 1.82) is 0 Å². The molecule has 0 saturated carbocycles. The molecule has 0 aliphatic carbocycles. The van der Waals surface area contributed by atoms with Crippen LogP contribution < -0.4 is 24.8 Å². The van der Waals surface area contributed by atoms with Crippen LogP contribution in [0.15, 0.2) is 60.7 Å². The summed E-state index contributed by atoms with van der Waals surface area (Å²) in [5.41, 5.74) is 3.04. The van der Waals surface area contributed by atoms with Crippen molar-refractivity contribution in [1.82, 2.24) is 5.32 Å². The van der Waals surface area contributed by atoms with Crippen molar-refractivity contribution in [3.63, 3.8) is 0 Å². The van der Waals surface area contributed by atoms with E-state index in [2.05, 4.69) is 5.32 Å². The van der Waals surface area contributed by atoms with Gasteiger partial charge in [-0.2, -0.15) is 0 Å². The van der Waals surface area contributed by atoms with E-state index < -0.39 is 17.8 Å². The number of benzene rings is 3. The number of rotatable bonds is 5. The van der Waals surface area contributed by atoms with Crippen LogP contribution in [0.4, 0.5) is 26.2 Å². The molecule has 0 bridgehead atoms. The number of ether oxygens (including phenoxy) is 1. The highest BCUT2D eigenvalue weighted by Gasteiger charge is 2.34. The molecular formula is C29H29FN4O5. The Balaban J connectivity index is 1.31. The van der Waals surface area contributed by atoms with Crippen LogP contribution in [0.2, 0.25) is 0 Å². The molecule has 3 aromatic carbocycles. The third-order valence-corrected chi connectivity index (χ3v) is 6.89. The topological polar surface area (TPSA) is 102 Å². The normalized spacial score (nSPS) is 14.7. The zero-order valence-electron chi connectivity index (χ0n) is 21.5. The molecule has 0 saturated heterocycles. The number of amides is 4. The number of hydrogen-bond acceptors (Lipinski definition) is 5. The molecule has 0 radical (unpaired) electrons. The van der Waals surface area contributed by atoms with Gasteiger partial charge in [0.1, 0.15) is 23.8 Å². The maximum atomic E-state index is 14.8. The summed E-state index contributed by atoms with van der Waals surface area (Å²) in [6.07, 6.45) is 0.712. The maximum Gasteiger partial charge on any atom is 0.322 e. The molecule has 2 N–H and O–H groups in total. The van der Waals surface area contributed by atoms with Crippen LogP contribution >= 0.6 is 0 Å². The summed E-state index contributed by atoms with van der Waals surface area (Å²) in [5, 5.41) is 12.1. The van der Waals surface area contributed by atoms with Gasteiger partial charge in [0, 0.05) is 25.2 Å². The van der Waals surface area contributed by atoms with Gasteiger partial charge < -0.3 is 25.0 Å². The number of aliphatic hydroxyl groups excluding tert-OH is 1. The standard InChI is InChI=1S/C29H29FN4O5/c1-19-16-20(28(37)33-12-5-15-39-25-9-3-2-7-23(25)33)10-11-21(19)17-31-29(38)34-18-26(36)32(13-14-35)24-8-4-6-22(30)27(24)34/h2-4,6-11,16,35H,5,12-15,17-18H2,1H3,(H,31,38). The number of halogens is 1. The molecule has 0 fully saturated rings. The van der Waals surface area contributed by atoms with Gasteiger partial charge in [0.05, 0.1) is 24.6 Å². The average molecular weight is 533 g/mol. The van der Waals surface area contributed by atoms with Crippen LogP contribution in [-0.2, 0) is 11.3 Å². The van der Waals surface area contributed by atoms with E-state index in [9.17, 15) is 23.9 Å². The van der Waals surface area contributed by atoms with E-state index >= 15 is 0 Å². The molecule has 0 atom stereocenters. The highest BCUT2D eigenvalue weighted by Crippen LogP contribution is 2.36. The molecule has 0 aromatic heterocycles. The van der Waals surface area contributed by atoms with Crippen LogP contribution in [0.3, 0.4) is 0 Å². The van der Waals surface area contributed by atoms with Crippen LogP contribution in [0.1, 0.15) is 27.9 Å². The summed E-state index contributed by atoms with van der Waals surface area (Å²) < 4.78 is 20.5. The fourth-order valence-corrected chi connectivity index (χ4v) is 4.93. The number of nitrogens with zero attached hydrogens (tertiary/aromatic N) is 3. The number of anilines is 3. The van der Waals surface area contributed by atoms with Crippen molar-refractivity contribution in [2.45, 2.75) is 19.9 Å². The molecule has 9 nitrogen and oxygen atoms in total. The molecule has 39 heavy (non-hydrogen) atoms. The van der Waals surface area contributed by atoms with Gasteiger partial charge in [0.15, 0.2) is 0 Å². The number of carbonyl (C=O) groups excluding carboxylic acids is 3. The molecule has 4 amide bonds. The Hall–Kier alpha value is -4.44. The Morgan fingerprint density at radius 1 is 1.05 bits per heavy atom. The number of fused-ring (bicyclic) bond motifs is 2. The van der Waals surface area contributed by atoms with E-state index in [0.717, 1.165) is 21.7 Å². The van der Waals surface area contributed by atoms with Crippen LogP contribution in [0.5, 0.6) is 5.75 Å². The molecule has 2 heterocycles. The molecule has 202 valence electrons. The fourth-order valence-electron chi connectivity index (χ4n) is 4.93. The molecule has 0 spiro atoms. The Morgan fingerprint density at radius 2 is 1.85 bits per heavy atom. The van der Waals surface area contributed by atoms with Crippen molar-refractivity contribution in [2.24, 2.45) is 0 Å². The zero-order valence-corrected chi connectivity index (χ0v) is 21.5. The van der Waals surface area contributed by atoms with Crippen molar-refractivity contribution in [2.75, 3.05) is 47.5 Å². The van der Waals surface area contributed by atoms with Gasteiger partial charge >= 0.3 is 6.03 Å². The predicted molar refractivity (Wildman–Crippen MR) is 145 cm³/mol. The van der Waals surface area contributed by atoms with Gasteiger partial charge in [-0.05, 0) is 60.9 Å². The van der Waals surface area contributed by atoms with E-state index in [0.29, 0.717) is 30.9 Å². The largest absolute Gasteiger partial charge is 0.491 e. The van der Waals surface area contributed by atoms with Gasteiger partial charge in [-0.25, -0.2) is 9.18 Å². The second kappa shape index (κ2) is 11.1. The summed E-state index contributed by atoms with van der Waals surface area (Å²) in [5.74, 6) is -0.527. The van der Waals surface area contributed by atoms with Crippen molar-refractivity contribution < 1.29 is 28.6 Å². The third kappa shape index (κ3) is 5.15. The lowest BCUT2D eigenvalue weighted by Crippen LogP contribution is -2.52. The second-order valence-corrected chi connectivity index (χ2v) is 9.39. The van der Waals surface area contributed by atoms with E-state index in [1.807, 2.05) is 31.2 Å². The first-order chi connectivity index (χ1) is 18.9. The Bertz CT molecular complexity index is 1430. The lowest BCUT2D eigenvalue weighted by atomic mass is 10.0. The summed E-state index contributed by atoms with van der Waals surface area (Å²) in [6, 6.07) is 16.3. The number of carbonyl (C=O) groups is 3. The monoisotopic (exact) mass is 532 g/mol. The van der Waals surface area contributed by atoms with E-state index in [4.69, 9.17) is 4.74 Å². The lowest BCUT2D eigenvalue weighted by Gasteiger charge is -2.36. The Labute approximate surface area is 225 Å². The minimum Gasteiger partial charge on any atom is -0.491 e. The number of aryl methyl sites for hydroxylation is 1. The number of nitrogens with one attached hydrogen (secondary N) is 1. The van der Waals surface area contributed by atoms with Crippen molar-refractivity contribution >= 4 is 34.9 Å². The van der Waals surface area contributed by atoms with Crippen molar-refractivity contribution in [3.8, 4) is 5.75 Å². The van der Waals surface area contributed by atoms with E-state index in [1.165, 1.54) is 17.0 Å². The second-order valence-electron chi connectivity index (χ2n) is 9.39. The molecular weight excluding hydrogens is 503 g/mol. The van der Waals surface area contributed by atoms with E-state index in [-0.39, 0.29) is 43.5 Å². The quantitative estimate of drug-likeness (QED) is 0.523. The predicted octanol–water partition coefficient (Wildman–Crippen LogP) is 3.62. The molecule has 2 aliphatic heterocycles. The molecule has 0 unspecified atom stereocenters. The lowest BCUT2D eigenvalue weighted by molar-refractivity contribution is -0.117. The summed E-state index contributed by atoms with van der Waals surface area (Å²) in [4.78, 5) is 43.2. The van der Waals surface area contributed by atoms with Gasteiger partial charge in [-0.3, -0.25) is 14.5 Å². The van der Waals surface area contributed by atoms with Crippen LogP contribution in [0.25, 0.3) is 0 Å². The first-order valence-corrected chi connectivity index (χ1v) is 12.8. The number of para-hydroxylation sites is 3. The van der Waals surface area contributed by atoms with Crippen LogP contribution in [-0.4, -0.2) is 55.8 Å². The highest BCUT2D eigenvalue weighted by molar-refractivity contribution is 6.11. The van der Waals surface area contributed by atoms with Crippen molar-refractivity contribution in [3.05, 3.63) is 83.2 Å². The van der Waals surface area contributed by atoms with Gasteiger partial charge in [-0.15, -0.1) is 0 Å².